The molecule has 4 heteroatoms. The molecule has 2 aliphatic heterocycles. The summed E-state index contributed by atoms with van der Waals surface area (Å²) in [5.74, 6) is 0. The number of fused-ring (bicyclic) bond motifs is 2. The van der Waals surface area contributed by atoms with Crippen LogP contribution in [-0.4, -0.2) is 41.9 Å². The van der Waals surface area contributed by atoms with Gasteiger partial charge in [-0.25, -0.2) is 4.79 Å². The van der Waals surface area contributed by atoms with Gasteiger partial charge in [-0.05, 0) is 45.6 Å². The fraction of sp³-hybridized carbons (Fsp3) is 0.786. The summed E-state index contributed by atoms with van der Waals surface area (Å²) in [5.41, 5.74) is 0.308. The lowest BCUT2D eigenvalue weighted by Gasteiger charge is -2.36. The predicted molar refractivity (Wildman–Crippen MR) is 69.5 cm³/mol. The van der Waals surface area contributed by atoms with Gasteiger partial charge in [0.05, 0.1) is 12.1 Å². The zero-order valence-corrected chi connectivity index (χ0v) is 11.8. The molecular formula is C14H23NO3. The number of carbonyl (C=O) groups excluding carboxylic acids is 1. The average Bonchev–Trinajstić information content (AvgIpc) is 2.67. The van der Waals surface area contributed by atoms with Crippen LogP contribution in [-0.2, 0) is 9.47 Å². The molecule has 1 amide bonds. The highest BCUT2D eigenvalue weighted by atomic mass is 16.6. The van der Waals surface area contributed by atoms with Crippen molar-refractivity contribution in [3.05, 3.63) is 12.2 Å². The van der Waals surface area contributed by atoms with E-state index in [0.29, 0.717) is 6.61 Å². The third kappa shape index (κ3) is 2.03. The minimum atomic E-state index is -0.464. The summed E-state index contributed by atoms with van der Waals surface area (Å²) in [7, 11) is 1.67. The Morgan fingerprint density at radius 1 is 1.56 bits per heavy atom. The molecule has 2 atom stereocenters. The first-order valence-corrected chi connectivity index (χ1v) is 6.50. The van der Waals surface area contributed by atoms with Crippen molar-refractivity contribution in [1.82, 2.24) is 4.90 Å². The molecule has 2 aliphatic rings. The first kappa shape index (κ1) is 13.4. The van der Waals surface area contributed by atoms with E-state index in [1.807, 2.05) is 25.7 Å². The largest absolute Gasteiger partial charge is 0.444 e. The van der Waals surface area contributed by atoms with E-state index in [1.54, 1.807) is 7.11 Å². The standard InChI is InChI=1S/C14H23NO3/c1-10-8-11-6-7-14(10,9-17-5)15(11)12(16)18-13(2,3)4/h11H,1,6-9H2,2-5H3. The fourth-order valence-corrected chi connectivity index (χ4v) is 3.14. The van der Waals surface area contributed by atoms with Crippen LogP contribution in [0, 0.1) is 0 Å². The fourth-order valence-electron chi connectivity index (χ4n) is 3.14. The normalized spacial score (nSPS) is 31.0. The van der Waals surface area contributed by atoms with Gasteiger partial charge < -0.3 is 9.47 Å². The topological polar surface area (TPSA) is 38.8 Å². The molecule has 18 heavy (non-hydrogen) atoms. The molecule has 2 saturated heterocycles. The van der Waals surface area contributed by atoms with Gasteiger partial charge in [-0.1, -0.05) is 6.58 Å². The molecule has 2 fully saturated rings. The molecule has 2 heterocycles. The monoisotopic (exact) mass is 253 g/mol. The van der Waals surface area contributed by atoms with Crippen molar-refractivity contribution in [1.29, 1.82) is 0 Å². The molecule has 0 aromatic heterocycles. The Labute approximate surface area is 109 Å². The summed E-state index contributed by atoms with van der Waals surface area (Å²) in [6.45, 7) is 10.3. The Morgan fingerprint density at radius 2 is 2.22 bits per heavy atom. The Kier molecular flexibility index (Phi) is 3.18. The van der Waals surface area contributed by atoms with E-state index in [-0.39, 0.29) is 17.7 Å². The third-order valence-electron chi connectivity index (χ3n) is 3.83. The Balaban J connectivity index is 2.22. The van der Waals surface area contributed by atoms with Gasteiger partial charge in [-0.3, -0.25) is 4.90 Å². The number of carbonyl (C=O) groups is 1. The number of methoxy groups -OCH3 is 1. The molecule has 0 aliphatic carbocycles. The van der Waals surface area contributed by atoms with Crippen LogP contribution >= 0.6 is 0 Å². The molecule has 0 N–H and O–H groups in total. The molecule has 0 spiro atoms. The van der Waals surface area contributed by atoms with Gasteiger partial charge in [-0.2, -0.15) is 0 Å². The molecular weight excluding hydrogens is 230 g/mol. The number of rotatable bonds is 2. The van der Waals surface area contributed by atoms with E-state index >= 15 is 0 Å². The summed E-state index contributed by atoms with van der Waals surface area (Å²) in [6, 6.07) is 0.238. The average molecular weight is 253 g/mol. The van der Waals surface area contributed by atoms with E-state index < -0.39 is 5.60 Å². The first-order chi connectivity index (χ1) is 8.30. The van der Waals surface area contributed by atoms with Gasteiger partial charge in [0, 0.05) is 13.2 Å². The zero-order valence-electron chi connectivity index (χ0n) is 11.8. The van der Waals surface area contributed by atoms with Gasteiger partial charge >= 0.3 is 6.09 Å². The third-order valence-corrected chi connectivity index (χ3v) is 3.83. The molecule has 0 saturated carbocycles. The van der Waals surface area contributed by atoms with Crippen molar-refractivity contribution in [2.24, 2.45) is 0 Å². The van der Waals surface area contributed by atoms with Crippen LogP contribution in [0.25, 0.3) is 0 Å². The Bertz CT molecular complexity index is 372. The Hall–Kier alpha value is -1.03. The molecule has 4 nitrogen and oxygen atoms in total. The maximum absolute atomic E-state index is 12.4. The van der Waals surface area contributed by atoms with E-state index in [1.165, 1.54) is 0 Å². The Morgan fingerprint density at radius 3 is 2.72 bits per heavy atom. The van der Waals surface area contributed by atoms with E-state index in [0.717, 1.165) is 24.8 Å². The van der Waals surface area contributed by atoms with Gasteiger partial charge in [-0.15, -0.1) is 0 Å². The van der Waals surface area contributed by atoms with E-state index in [9.17, 15) is 4.79 Å². The van der Waals surface area contributed by atoms with Crippen LogP contribution in [0.2, 0.25) is 0 Å². The van der Waals surface area contributed by atoms with Crippen molar-refractivity contribution in [2.45, 2.75) is 57.2 Å². The van der Waals surface area contributed by atoms with Crippen molar-refractivity contribution in [3.63, 3.8) is 0 Å². The van der Waals surface area contributed by atoms with Gasteiger partial charge in [0.15, 0.2) is 0 Å². The second-order valence-corrected chi connectivity index (χ2v) is 6.32. The van der Waals surface area contributed by atoms with Crippen LogP contribution in [0.15, 0.2) is 12.2 Å². The maximum Gasteiger partial charge on any atom is 0.411 e. The van der Waals surface area contributed by atoms with Crippen LogP contribution in [0.1, 0.15) is 40.0 Å². The lowest BCUT2D eigenvalue weighted by atomic mass is 9.84. The minimum Gasteiger partial charge on any atom is -0.444 e. The molecule has 102 valence electrons. The molecule has 2 rings (SSSR count). The summed E-state index contributed by atoms with van der Waals surface area (Å²) in [5, 5.41) is 0. The maximum atomic E-state index is 12.4. The van der Waals surface area contributed by atoms with Gasteiger partial charge in [0.2, 0.25) is 0 Å². The highest BCUT2D eigenvalue weighted by Crippen LogP contribution is 2.49. The van der Waals surface area contributed by atoms with Gasteiger partial charge in [0.1, 0.15) is 5.60 Å². The van der Waals surface area contributed by atoms with Gasteiger partial charge in [0.25, 0.3) is 0 Å². The number of ether oxygens (including phenoxy) is 2. The highest BCUT2D eigenvalue weighted by Gasteiger charge is 2.57. The highest BCUT2D eigenvalue weighted by molar-refractivity contribution is 5.72. The summed E-state index contributed by atoms with van der Waals surface area (Å²) < 4.78 is 10.8. The SMILES string of the molecule is C=C1CC2CCC1(COC)N2C(=O)OC(C)(C)C. The van der Waals surface area contributed by atoms with Crippen molar-refractivity contribution < 1.29 is 14.3 Å². The van der Waals surface area contributed by atoms with Crippen LogP contribution in [0.4, 0.5) is 4.79 Å². The summed E-state index contributed by atoms with van der Waals surface area (Å²) >= 11 is 0. The van der Waals surface area contributed by atoms with Crippen LogP contribution < -0.4 is 0 Å². The molecule has 0 aromatic carbocycles. The minimum absolute atomic E-state index is 0.235. The molecule has 2 bridgehead atoms. The number of hydrogen-bond donors (Lipinski definition) is 0. The van der Waals surface area contributed by atoms with Crippen molar-refractivity contribution >= 4 is 6.09 Å². The second-order valence-electron chi connectivity index (χ2n) is 6.32. The zero-order chi connectivity index (χ0) is 13.6. The quantitative estimate of drug-likeness (QED) is 0.710. The number of nitrogens with zero attached hydrogens (tertiary/aromatic N) is 1. The smallest absolute Gasteiger partial charge is 0.411 e. The molecule has 0 aromatic rings. The summed E-state index contributed by atoms with van der Waals surface area (Å²) in [4.78, 5) is 14.2. The second kappa shape index (κ2) is 4.26. The molecule has 2 unspecified atom stereocenters. The van der Waals surface area contributed by atoms with E-state index in [4.69, 9.17) is 9.47 Å². The van der Waals surface area contributed by atoms with Crippen molar-refractivity contribution in [3.8, 4) is 0 Å². The van der Waals surface area contributed by atoms with Crippen LogP contribution in [0.5, 0.6) is 0 Å². The number of amides is 1. The predicted octanol–water partition coefficient (Wildman–Crippen LogP) is 2.73. The first-order valence-electron chi connectivity index (χ1n) is 6.50. The van der Waals surface area contributed by atoms with Crippen LogP contribution in [0.3, 0.4) is 0 Å². The van der Waals surface area contributed by atoms with Crippen molar-refractivity contribution in [2.75, 3.05) is 13.7 Å². The van der Waals surface area contributed by atoms with E-state index in [2.05, 4.69) is 6.58 Å². The summed E-state index contributed by atoms with van der Waals surface area (Å²) in [6.07, 6.45) is 2.59. The lowest BCUT2D eigenvalue weighted by Crippen LogP contribution is -2.50. The molecule has 0 radical (unpaired) electrons. The number of hydrogen-bond acceptors (Lipinski definition) is 3. The lowest BCUT2D eigenvalue weighted by molar-refractivity contribution is -0.000568.